The van der Waals surface area contributed by atoms with Crippen LogP contribution in [0.25, 0.3) is 5.69 Å². The number of hydrogen-bond donors (Lipinski definition) is 0. The van der Waals surface area contributed by atoms with Crippen LogP contribution >= 0.6 is 11.8 Å². The highest BCUT2D eigenvalue weighted by molar-refractivity contribution is 7.98. The number of aryl methyl sites for hydroxylation is 1. The van der Waals surface area contributed by atoms with Gasteiger partial charge in [0.2, 0.25) is 5.16 Å². The summed E-state index contributed by atoms with van der Waals surface area (Å²) in [6.45, 7) is 2.03. The maximum atomic E-state index is 12.9. The Hall–Kier alpha value is -2.21. The van der Waals surface area contributed by atoms with Crippen molar-refractivity contribution in [2.24, 2.45) is 0 Å². The molecule has 0 aliphatic rings. The van der Waals surface area contributed by atoms with Crippen LogP contribution in [0.15, 0.2) is 53.7 Å². The highest BCUT2D eigenvalue weighted by atomic mass is 32.2. The molecule has 0 unspecified atom stereocenters. The average molecular weight is 300 g/mol. The lowest BCUT2D eigenvalue weighted by atomic mass is 10.2. The molecule has 3 aromatic rings. The van der Waals surface area contributed by atoms with Crippen molar-refractivity contribution in [1.29, 1.82) is 0 Å². The number of nitrogens with zero attached hydrogens (tertiary/aromatic N) is 4. The second kappa shape index (κ2) is 6.05. The predicted octanol–water partition coefficient (Wildman–Crippen LogP) is 3.40. The van der Waals surface area contributed by atoms with E-state index in [1.165, 1.54) is 23.9 Å². The third kappa shape index (κ3) is 3.28. The van der Waals surface area contributed by atoms with E-state index in [1.807, 2.05) is 31.2 Å². The number of tetrazole rings is 1. The van der Waals surface area contributed by atoms with Gasteiger partial charge in [0.05, 0.1) is 5.69 Å². The van der Waals surface area contributed by atoms with E-state index in [4.69, 9.17) is 0 Å². The van der Waals surface area contributed by atoms with Crippen LogP contribution in [-0.4, -0.2) is 20.2 Å². The molecule has 0 aliphatic heterocycles. The lowest BCUT2D eigenvalue weighted by molar-refractivity contribution is 0.627. The number of rotatable bonds is 4. The summed E-state index contributed by atoms with van der Waals surface area (Å²) in [4.78, 5) is 0. The van der Waals surface area contributed by atoms with Gasteiger partial charge < -0.3 is 0 Å². The molecule has 106 valence electrons. The molecule has 0 aliphatic carbocycles. The fourth-order valence-electron chi connectivity index (χ4n) is 1.92. The molecular weight excluding hydrogens is 287 g/mol. The van der Waals surface area contributed by atoms with E-state index in [9.17, 15) is 4.39 Å². The molecular formula is C15H13FN4S. The van der Waals surface area contributed by atoms with Crippen LogP contribution in [0.2, 0.25) is 0 Å². The Morgan fingerprint density at radius 3 is 2.71 bits per heavy atom. The van der Waals surface area contributed by atoms with Gasteiger partial charge in [0, 0.05) is 5.75 Å². The zero-order valence-electron chi connectivity index (χ0n) is 11.4. The number of aromatic nitrogens is 4. The summed E-state index contributed by atoms with van der Waals surface area (Å²) in [5.74, 6) is 0.459. The van der Waals surface area contributed by atoms with Crippen LogP contribution in [0.5, 0.6) is 0 Å². The van der Waals surface area contributed by atoms with Gasteiger partial charge in [0.1, 0.15) is 5.82 Å². The van der Waals surface area contributed by atoms with Gasteiger partial charge in [-0.15, -0.1) is 5.10 Å². The molecule has 0 saturated carbocycles. The van der Waals surface area contributed by atoms with Crippen molar-refractivity contribution in [3.63, 3.8) is 0 Å². The van der Waals surface area contributed by atoms with Gasteiger partial charge >= 0.3 is 0 Å². The van der Waals surface area contributed by atoms with Crippen molar-refractivity contribution in [1.82, 2.24) is 20.2 Å². The summed E-state index contributed by atoms with van der Waals surface area (Å²) in [6, 6.07) is 14.4. The lowest BCUT2D eigenvalue weighted by Crippen LogP contribution is -1.99. The fourth-order valence-corrected chi connectivity index (χ4v) is 2.77. The third-order valence-electron chi connectivity index (χ3n) is 2.97. The molecule has 3 rings (SSSR count). The zero-order chi connectivity index (χ0) is 14.7. The first-order valence-corrected chi connectivity index (χ1v) is 7.43. The van der Waals surface area contributed by atoms with Crippen LogP contribution < -0.4 is 0 Å². The highest BCUT2D eigenvalue weighted by Crippen LogP contribution is 2.22. The van der Waals surface area contributed by atoms with E-state index in [2.05, 4.69) is 15.5 Å². The van der Waals surface area contributed by atoms with Crippen molar-refractivity contribution in [2.75, 3.05) is 0 Å². The van der Waals surface area contributed by atoms with Crippen molar-refractivity contribution in [2.45, 2.75) is 17.8 Å². The van der Waals surface area contributed by atoms with Gasteiger partial charge in [0.15, 0.2) is 0 Å². The van der Waals surface area contributed by atoms with Gasteiger partial charge in [-0.25, -0.2) is 4.39 Å². The van der Waals surface area contributed by atoms with Crippen molar-refractivity contribution >= 4 is 11.8 Å². The molecule has 2 aromatic carbocycles. The van der Waals surface area contributed by atoms with E-state index in [0.29, 0.717) is 10.9 Å². The lowest BCUT2D eigenvalue weighted by Gasteiger charge is -2.05. The summed E-state index contributed by atoms with van der Waals surface area (Å²) in [6.07, 6.45) is 0. The summed E-state index contributed by atoms with van der Waals surface area (Å²) >= 11 is 1.52. The molecule has 0 radical (unpaired) electrons. The normalized spacial score (nSPS) is 10.8. The molecule has 0 N–H and O–H groups in total. The van der Waals surface area contributed by atoms with Crippen molar-refractivity contribution in [3.05, 3.63) is 65.5 Å². The van der Waals surface area contributed by atoms with E-state index < -0.39 is 0 Å². The molecule has 0 atom stereocenters. The van der Waals surface area contributed by atoms with E-state index in [1.54, 1.807) is 16.8 Å². The van der Waals surface area contributed by atoms with E-state index >= 15 is 0 Å². The monoisotopic (exact) mass is 300 g/mol. The summed E-state index contributed by atoms with van der Waals surface area (Å²) in [5.41, 5.74) is 3.11. The molecule has 4 nitrogen and oxygen atoms in total. The molecule has 0 saturated heterocycles. The topological polar surface area (TPSA) is 43.6 Å². The molecule has 21 heavy (non-hydrogen) atoms. The fraction of sp³-hybridized carbons (Fsp3) is 0.133. The van der Waals surface area contributed by atoms with Crippen LogP contribution in [0, 0.1) is 12.7 Å². The Morgan fingerprint density at radius 1 is 1.14 bits per heavy atom. The molecule has 1 heterocycles. The Balaban J connectivity index is 1.78. The molecule has 0 fully saturated rings. The van der Waals surface area contributed by atoms with Gasteiger partial charge in [-0.2, -0.15) is 4.68 Å². The standard InChI is InChI=1S/C15H13FN4S/c1-11-3-2-4-14(9-11)20-15(17-18-19-20)21-10-12-5-7-13(16)8-6-12/h2-9H,10H2,1H3. The summed E-state index contributed by atoms with van der Waals surface area (Å²) < 4.78 is 14.6. The Bertz CT molecular complexity index is 739. The Morgan fingerprint density at radius 2 is 1.95 bits per heavy atom. The minimum absolute atomic E-state index is 0.228. The number of thioether (sulfide) groups is 1. The first kappa shape index (κ1) is 13.8. The molecule has 0 spiro atoms. The van der Waals surface area contributed by atoms with Crippen molar-refractivity contribution < 1.29 is 4.39 Å². The Kier molecular flexibility index (Phi) is 3.96. The van der Waals surface area contributed by atoms with E-state index in [-0.39, 0.29) is 5.82 Å². The predicted molar refractivity (Wildman–Crippen MR) is 79.9 cm³/mol. The average Bonchev–Trinajstić information content (AvgIpc) is 2.95. The van der Waals surface area contributed by atoms with Crippen LogP contribution in [0.3, 0.4) is 0 Å². The molecule has 6 heteroatoms. The first-order valence-electron chi connectivity index (χ1n) is 6.45. The SMILES string of the molecule is Cc1cccc(-n2nnnc2SCc2ccc(F)cc2)c1. The van der Waals surface area contributed by atoms with Crippen LogP contribution in [-0.2, 0) is 5.75 Å². The van der Waals surface area contributed by atoms with Gasteiger partial charge in [-0.1, -0.05) is 36.0 Å². The molecule has 0 amide bonds. The van der Waals surface area contributed by atoms with E-state index in [0.717, 1.165) is 16.8 Å². The number of hydrogen-bond acceptors (Lipinski definition) is 4. The smallest absolute Gasteiger partial charge is 0.207 e. The molecule has 0 bridgehead atoms. The highest BCUT2D eigenvalue weighted by Gasteiger charge is 2.09. The zero-order valence-corrected chi connectivity index (χ0v) is 12.2. The number of halogens is 1. The largest absolute Gasteiger partial charge is 0.214 e. The van der Waals surface area contributed by atoms with Gasteiger partial charge in [0.25, 0.3) is 0 Å². The maximum absolute atomic E-state index is 12.9. The quantitative estimate of drug-likeness (QED) is 0.693. The first-order chi connectivity index (χ1) is 10.2. The molecule has 1 aromatic heterocycles. The van der Waals surface area contributed by atoms with Crippen LogP contribution in [0.4, 0.5) is 4.39 Å². The van der Waals surface area contributed by atoms with Gasteiger partial charge in [-0.05, 0) is 52.7 Å². The second-order valence-electron chi connectivity index (χ2n) is 4.63. The maximum Gasteiger partial charge on any atom is 0.214 e. The second-order valence-corrected chi connectivity index (χ2v) is 5.57. The summed E-state index contributed by atoms with van der Waals surface area (Å²) in [5, 5.41) is 12.5. The minimum atomic E-state index is -0.228. The van der Waals surface area contributed by atoms with Gasteiger partial charge in [-0.3, -0.25) is 0 Å². The minimum Gasteiger partial charge on any atom is -0.207 e. The van der Waals surface area contributed by atoms with Crippen molar-refractivity contribution in [3.8, 4) is 5.69 Å². The third-order valence-corrected chi connectivity index (χ3v) is 3.96. The van der Waals surface area contributed by atoms with Crippen LogP contribution in [0.1, 0.15) is 11.1 Å². The summed E-state index contributed by atoms with van der Waals surface area (Å²) in [7, 11) is 0. The number of benzene rings is 2. The Labute approximate surface area is 126 Å².